The van der Waals surface area contributed by atoms with E-state index >= 15 is 0 Å². The molecule has 3 N–H and O–H groups in total. The molecule has 26 heavy (non-hydrogen) atoms. The molecule has 1 atom stereocenters. The van der Waals surface area contributed by atoms with Gasteiger partial charge < -0.3 is 14.9 Å². The van der Waals surface area contributed by atoms with Crippen molar-refractivity contribution in [2.45, 2.75) is 19.9 Å². The van der Waals surface area contributed by atoms with Crippen LogP contribution in [0.25, 0.3) is 11.6 Å². The normalized spacial score (nSPS) is 12.1. The Labute approximate surface area is 147 Å². The quantitative estimate of drug-likeness (QED) is 0.604. The van der Waals surface area contributed by atoms with Crippen molar-refractivity contribution in [2.24, 2.45) is 5.92 Å². The van der Waals surface area contributed by atoms with Crippen molar-refractivity contribution in [3.63, 3.8) is 0 Å². The first-order chi connectivity index (χ1) is 12.5. The van der Waals surface area contributed by atoms with Gasteiger partial charge in [0.1, 0.15) is 12.4 Å². The third kappa shape index (κ3) is 3.58. The molecule has 0 fully saturated rings. The molecule has 2 aromatic heterocycles. The van der Waals surface area contributed by atoms with E-state index in [0.29, 0.717) is 5.82 Å². The van der Waals surface area contributed by atoms with Crippen LogP contribution in [0.5, 0.6) is 0 Å². The number of hydrogen-bond donors (Lipinski definition) is 3. The van der Waals surface area contributed by atoms with Crippen LogP contribution in [0.1, 0.15) is 46.5 Å². The third-order valence-electron chi connectivity index (χ3n) is 3.66. The first-order valence-corrected chi connectivity index (χ1v) is 7.79. The minimum absolute atomic E-state index is 0.0316. The second-order valence-corrected chi connectivity index (χ2v) is 5.87. The minimum Gasteiger partial charge on any atom is -0.478 e. The monoisotopic (exact) mass is 356 g/mol. The Morgan fingerprint density at radius 3 is 2.69 bits per heavy atom. The lowest BCUT2D eigenvalue weighted by Gasteiger charge is -2.18. The van der Waals surface area contributed by atoms with Crippen LogP contribution in [-0.4, -0.2) is 42.3 Å². The minimum atomic E-state index is -1.10. The number of carboxylic acids is 1. The van der Waals surface area contributed by atoms with E-state index in [1.165, 1.54) is 30.6 Å². The number of aromatic amines is 1. The van der Waals surface area contributed by atoms with E-state index in [9.17, 15) is 9.59 Å². The Morgan fingerprint density at radius 2 is 2.04 bits per heavy atom. The summed E-state index contributed by atoms with van der Waals surface area (Å²) in [4.78, 5) is 31.8. The Hall–Kier alpha value is -3.56. The zero-order valence-corrected chi connectivity index (χ0v) is 14.0. The standard InChI is InChI=1S/C16H16N6O4/c1-8(2)11(15-20-13(22-26-15)12-17-7-18-21-12)19-14(23)9-4-3-5-10(6-9)16(24)25/h3-8,11H,1-2H3,(H,19,23)(H,24,25)(H,17,18,21). The van der Waals surface area contributed by atoms with Crippen molar-refractivity contribution >= 4 is 11.9 Å². The maximum Gasteiger partial charge on any atom is 0.335 e. The largest absolute Gasteiger partial charge is 0.478 e. The number of nitrogens with zero attached hydrogens (tertiary/aromatic N) is 4. The Morgan fingerprint density at radius 1 is 1.27 bits per heavy atom. The van der Waals surface area contributed by atoms with E-state index in [0.717, 1.165) is 0 Å². The van der Waals surface area contributed by atoms with Gasteiger partial charge in [0.25, 0.3) is 5.91 Å². The van der Waals surface area contributed by atoms with Crippen LogP contribution in [0, 0.1) is 5.92 Å². The molecule has 0 bridgehead atoms. The number of hydrogen-bond acceptors (Lipinski definition) is 7. The third-order valence-corrected chi connectivity index (χ3v) is 3.66. The number of rotatable bonds is 6. The summed E-state index contributed by atoms with van der Waals surface area (Å²) in [6, 6.07) is 5.22. The SMILES string of the molecule is CC(C)C(NC(=O)c1cccc(C(=O)O)c1)c1nc(-c2ncn[nH]2)no1. The van der Waals surface area contributed by atoms with E-state index in [1.807, 2.05) is 13.8 Å². The summed E-state index contributed by atoms with van der Waals surface area (Å²) in [6.45, 7) is 3.77. The second kappa shape index (κ2) is 7.13. The van der Waals surface area contributed by atoms with E-state index in [1.54, 1.807) is 0 Å². The maximum absolute atomic E-state index is 12.5. The highest BCUT2D eigenvalue weighted by Gasteiger charge is 2.26. The predicted molar refractivity (Wildman–Crippen MR) is 88.1 cm³/mol. The molecule has 0 aliphatic rings. The van der Waals surface area contributed by atoms with Crippen LogP contribution in [0.2, 0.25) is 0 Å². The molecule has 2 heterocycles. The molecule has 1 aromatic carbocycles. The van der Waals surface area contributed by atoms with Gasteiger partial charge in [0.15, 0.2) is 5.82 Å². The molecule has 134 valence electrons. The smallest absolute Gasteiger partial charge is 0.335 e. The molecule has 0 saturated carbocycles. The van der Waals surface area contributed by atoms with Crippen molar-refractivity contribution in [1.82, 2.24) is 30.6 Å². The highest BCUT2D eigenvalue weighted by atomic mass is 16.5. The first-order valence-electron chi connectivity index (χ1n) is 7.79. The molecule has 0 spiro atoms. The Balaban J connectivity index is 1.82. The molecule has 1 unspecified atom stereocenters. The summed E-state index contributed by atoms with van der Waals surface area (Å²) in [7, 11) is 0. The van der Waals surface area contributed by atoms with E-state index in [-0.39, 0.29) is 28.8 Å². The molecule has 3 aromatic rings. The number of carbonyl (C=O) groups excluding carboxylic acids is 1. The lowest BCUT2D eigenvalue weighted by atomic mass is 10.0. The van der Waals surface area contributed by atoms with Gasteiger partial charge >= 0.3 is 5.97 Å². The fourth-order valence-electron chi connectivity index (χ4n) is 2.30. The summed E-state index contributed by atoms with van der Waals surface area (Å²) in [5.41, 5.74) is 0.259. The molecule has 1 amide bonds. The molecular weight excluding hydrogens is 340 g/mol. The number of amides is 1. The average molecular weight is 356 g/mol. The molecule has 0 aliphatic carbocycles. The number of aromatic nitrogens is 5. The van der Waals surface area contributed by atoms with Crippen LogP contribution in [-0.2, 0) is 0 Å². The summed E-state index contributed by atoms with van der Waals surface area (Å²) >= 11 is 0. The lowest BCUT2D eigenvalue weighted by Crippen LogP contribution is -2.32. The van der Waals surface area contributed by atoms with Crippen molar-refractivity contribution in [1.29, 1.82) is 0 Å². The number of carboxylic acid groups (broad SMARTS) is 1. The van der Waals surface area contributed by atoms with Gasteiger partial charge in [-0.25, -0.2) is 9.78 Å². The molecule has 0 aliphatic heterocycles. The van der Waals surface area contributed by atoms with Crippen molar-refractivity contribution in [2.75, 3.05) is 0 Å². The predicted octanol–water partition coefficient (Wildman–Crippen LogP) is 1.68. The molecule has 10 nitrogen and oxygen atoms in total. The van der Waals surface area contributed by atoms with Crippen molar-refractivity contribution < 1.29 is 19.2 Å². The van der Waals surface area contributed by atoms with E-state index in [2.05, 4.69) is 30.6 Å². The summed E-state index contributed by atoms with van der Waals surface area (Å²) in [5, 5.41) is 22.0. The van der Waals surface area contributed by atoms with Gasteiger partial charge in [-0.15, -0.1) is 0 Å². The summed E-state index contributed by atoms with van der Waals surface area (Å²) in [5.74, 6) is -0.799. The van der Waals surface area contributed by atoms with E-state index in [4.69, 9.17) is 9.63 Å². The molecule has 3 rings (SSSR count). The highest BCUT2D eigenvalue weighted by Crippen LogP contribution is 2.22. The second-order valence-electron chi connectivity index (χ2n) is 5.87. The van der Waals surface area contributed by atoms with Gasteiger partial charge in [0.05, 0.1) is 5.56 Å². The van der Waals surface area contributed by atoms with Crippen LogP contribution in [0.3, 0.4) is 0 Å². The van der Waals surface area contributed by atoms with Crippen LogP contribution in [0.4, 0.5) is 0 Å². The average Bonchev–Trinajstić information content (AvgIpc) is 3.30. The molecule has 0 radical (unpaired) electrons. The van der Waals surface area contributed by atoms with Crippen LogP contribution >= 0.6 is 0 Å². The molecular formula is C16H16N6O4. The molecule has 10 heteroatoms. The maximum atomic E-state index is 12.5. The van der Waals surface area contributed by atoms with Crippen molar-refractivity contribution in [3.8, 4) is 11.6 Å². The van der Waals surface area contributed by atoms with Gasteiger partial charge in [-0.05, 0) is 24.1 Å². The Bertz CT molecular complexity index is 918. The van der Waals surface area contributed by atoms with Gasteiger partial charge in [-0.3, -0.25) is 9.89 Å². The zero-order valence-electron chi connectivity index (χ0n) is 14.0. The summed E-state index contributed by atoms with van der Waals surface area (Å²) < 4.78 is 5.25. The number of H-pyrrole nitrogens is 1. The van der Waals surface area contributed by atoms with Crippen molar-refractivity contribution in [3.05, 3.63) is 47.6 Å². The number of nitrogens with one attached hydrogen (secondary N) is 2. The number of aromatic carboxylic acids is 1. The van der Waals surface area contributed by atoms with Gasteiger partial charge in [0.2, 0.25) is 11.7 Å². The lowest BCUT2D eigenvalue weighted by molar-refractivity contribution is 0.0697. The van der Waals surface area contributed by atoms with Gasteiger partial charge in [-0.2, -0.15) is 10.1 Å². The van der Waals surface area contributed by atoms with Crippen LogP contribution < -0.4 is 5.32 Å². The Kier molecular flexibility index (Phi) is 4.74. The highest BCUT2D eigenvalue weighted by molar-refractivity contribution is 5.97. The fourth-order valence-corrected chi connectivity index (χ4v) is 2.30. The zero-order chi connectivity index (χ0) is 18.7. The topological polar surface area (TPSA) is 147 Å². The molecule has 0 saturated heterocycles. The van der Waals surface area contributed by atoms with E-state index < -0.39 is 17.9 Å². The first kappa shape index (κ1) is 17.3. The number of benzene rings is 1. The fraction of sp³-hybridized carbons (Fsp3) is 0.250. The summed E-state index contributed by atoms with van der Waals surface area (Å²) in [6.07, 6.45) is 1.32. The van der Waals surface area contributed by atoms with Gasteiger partial charge in [0, 0.05) is 5.56 Å². The van der Waals surface area contributed by atoms with Gasteiger partial charge in [-0.1, -0.05) is 25.1 Å². The number of carbonyl (C=O) groups is 2. The van der Waals surface area contributed by atoms with Crippen LogP contribution in [0.15, 0.2) is 35.1 Å².